The number of aliphatic hydroxyl groups is 1. The third kappa shape index (κ3) is 1.88. The smallest absolute Gasteiger partial charge is 0.0800 e. The maximum absolute atomic E-state index is 10.1. The van der Waals surface area contributed by atoms with Crippen LogP contribution in [0.4, 0.5) is 0 Å². The van der Waals surface area contributed by atoms with Crippen molar-refractivity contribution in [2.45, 2.75) is 57.3 Å². The van der Waals surface area contributed by atoms with Gasteiger partial charge in [-0.3, -0.25) is 0 Å². The van der Waals surface area contributed by atoms with E-state index in [1.807, 2.05) is 6.07 Å². The molecule has 1 spiro atoms. The van der Waals surface area contributed by atoms with E-state index in [0.717, 1.165) is 19.3 Å². The molecule has 0 aromatic heterocycles. The van der Waals surface area contributed by atoms with Gasteiger partial charge < -0.3 is 9.84 Å². The maximum Gasteiger partial charge on any atom is 0.0800 e. The molecule has 0 saturated heterocycles. The molecule has 3 rings (SSSR count). The van der Waals surface area contributed by atoms with Crippen LogP contribution in [-0.2, 0) is 4.74 Å². The maximum atomic E-state index is 10.1. The minimum absolute atomic E-state index is 0.0863. The largest absolute Gasteiger partial charge is 0.392 e. The second-order valence-electron chi connectivity index (χ2n) is 5.87. The summed E-state index contributed by atoms with van der Waals surface area (Å²) >= 11 is 0. The highest BCUT2D eigenvalue weighted by Gasteiger charge is 2.56. The SMILES string of the molecule is CC(OC1CC(O)C12CCCC2)c1ccccc1. The Kier molecular flexibility index (Phi) is 3.16. The normalized spacial score (nSPS) is 31.2. The van der Waals surface area contributed by atoms with E-state index < -0.39 is 0 Å². The Morgan fingerprint density at radius 2 is 1.89 bits per heavy atom. The van der Waals surface area contributed by atoms with E-state index in [1.54, 1.807) is 0 Å². The molecule has 3 unspecified atom stereocenters. The second kappa shape index (κ2) is 4.67. The molecule has 2 aliphatic rings. The van der Waals surface area contributed by atoms with E-state index in [1.165, 1.54) is 18.4 Å². The van der Waals surface area contributed by atoms with Gasteiger partial charge in [-0.2, -0.15) is 0 Å². The zero-order chi connectivity index (χ0) is 12.6. The predicted molar refractivity (Wildman–Crippen MR) is 71.3 cm³/mol. The van der Waals surface area contributed by atoms with Gasteiger partial charge in [0.25, 0.3) is 0 Å². The van der Waals surface area contributed by atoms with Gasteiger partial charge in [0.05, 0.1) is 18.3 Å². The first kappa shape index (κ1) is 12.2. The third-order valence-corrected chi connectivity index (χ3v) is 4.91. The van der Waals surface area contributed by atoms with Crippen molar-refractivity contribution in [2.24, 2.45) is 5.41 Å². The summed E-state index contributed by atoms with van der Waals surface area (Å²) in [6.07, 6.45) is 5.84. The number of benzene rings is 1. The number of hydrogen-bond donors (Lipinski definition) is 1. The van der Waals surface area contributed by atoms with Gasteiger partial charge in [-0.25, -0.2) is 0 Å². The van der Waals surface area contributed by atoms with Gasteiger partial charge in [-0.15, -0.1) is 0 Å². The second-order valence-corrected chi connectivity index (χ2v) is 5.87. The Morgan fingerprint density at radius 3 is 2.50 bits per heavy atom. The molecule has 0 radical (unpaired) electrons. The van der Waals surface area contributed by atoms with Crippen molar-refractivity contribution in [1.82, 2.24) is 0 Å². The molecule has 0 heterocycles. The molecule has 18 heavy (non-hydrogen) atoms. The summed E-state index contributed by atoms with van der Waals surface area (Å²) in [4.78, 5) is 0. The number of rotatable bonds is 3. The van der Waals surface area contributed by atoms with E-state index in [0.29, 0.717) is 0 Å². The Balaban J connectivity index is 1.67. The summed E-state index contributed by atoms with van der Waals surface area (Å²) in [5.74, 6) is 0. The Morgan fingerprint density at radius 1 is 1.22 bits per heavy atom. The van der Waals surface area contributed by atoms with Gasteiger partial charge in [0.2, 0.25) is 0 Å². The highest BCUT2D eigenvalue weighted by molar-refractivity contribution is 5.17. The Bertz CT molecular complexity index is 395. The van der Waals surface area contributed by atoms with Crippen LogP contribution in [0, 0.1) is 5.41 Å². The zero-order valence-electron chi connectivity index (χ0n) is 11.0. The summed E-state index contributed by atoms with van der Waals surface area (Å²) in [6.45, 7) is 2.11. The minimum Gasteiger partial charge on any atom is -0.392 e. The van der Waals surface area contributed by atoms with Crippen molar-refractivity contribution >= 4 is 0 Å². The molecule has 2 nitrogen and oxygen atoms in total. The molecule has 0 amide bonds. The molecule has 2 aliphatic carbocycles. The molecular formula is C16H22O2. The summed E-state index contributed by atoms with van der Waals surface area (Å²) in [5, 5.41) is 10.1. The first-order valence-corrected chi connectivity index (χ1v) is 7.11. The van der Waals surface area contributed by atoms with Gasteiger partial charge in [0.1, 0.15) is 0 Å². The number of ether oxygens (including phenoxy) is 1. The van der Waals surface area contributed by atoms with E-state index in [-0.39, 0.29) is 23.7 Å². The van der Waals surface area contributed by atoms with Crippen molar-refractivity contribution < 1.29 is 9.84 Å². The molecule has 1 aromatic carbocycles. The average molecular weight is 246 g/mol. The highest BCUT2D eigenvalue weighted by atomic mass is 16.5. The molecule has 2 heteroatoms. The van der Waals surface area contributed by atoms with Gasteiger partial charge in [0, 0.05) is 11.8 Å². The Hall–Kier alpha value is -0.860. The van der Waals surface area contributed by atoms with Gasteiger partial charge >= 0.3 is 0 Å². The molecular weight excluding hydrogens is 224 g/mol. The van der Waals surface area contributed by atoms with Crippen LogP contribution < -0.4 is 0 Å². The monoisotopic (exact) mass is 246 g/mol. The van der Waals surface area contributed by atoms with Gasteiger partial charge in [-0.05, 0) is 25.3 Å². The quantitative estimate of drug-likeness (QED) is 0.885. The zero-order valence-corrected chi connectivity index (χ0v) is 11.0. The molecule has 98 valence electrons. The predicted octanol–water partition coefficient (Wildman–Crippen LogP) is 3.46. The van der Waals surface area contributed by atoms with Crippen LogP contribution in [0.1, 0.15) is 50.7 Å². The first-order chi connectivity index (χ1) is 8.72. The first-order valence-electron chi connectivity index (χ1n) is 7.11. The molecule has 1 aromatic rings. The van der Waals surface area contributed by atoms with Crippen LogP contribution in [0.5, 0.6) is 0 Å². The fraction of sp³-hybridized carbons (Fsp3) is 0.625. The van der Waals surface area contributed by atoms with Gasteiger partial charge in [0.15, 0.2) is 0 Å². The fourth-order valence-corrected chi connectivity index (χ4v) is 3.65. The highest BCUT2D eigenvalue weighted by Crippen LogP contribution is 2.55. The van der Waals surface area contributed by atoms with E-state index in [9.17, 15) is 5.11 Å². The lowest BCUT2D eigenvalue weighted by molar-refractivity contribution is -0.206. The van der Waals surface area contributed by atoms with Crippen LogP contribution in [-0.4, -0.2) is 17.3 Å². The van der Waals surface area contributed by atoms with E-state index in [4.69, 9.17) is 4.74 Å². The lowest BCUT2D eigenvalue weighted by atomic mass is 9.62. The lowest BCUT2D eigenvalue weighted by Gasteiger charge is -2.52. The number of hydrogen-bond acceptors (Lipinski definition) is 2. The third-order valence-electron chi connectivity index (χ3n) is 4.91. The summed E-state index contributed by atoms with van der Waals surface area (Å²) in [5.41, 5.74) is 1.32. The minimum atomic E-state index is -0.132. The van der Waals surface area contributed by atoms with Crippen LogP contribution in [0.15, 0.2) is 30.3 Å². The van der Waals surface area contributed by atoms with Crippen LogP contribution in [0.25, 0.3) is 0 Å². The van der Waals surface area contributed by atoms with Crippen molar-refractivity contribution in [1.29, 1.82) is 0 Å². The van der Waals surface area contributed by atoms with E-state index in [2.05, 4.69) is 31.2 Å². The molecule has 2 fully saturated rings. The molecule has 2 saturated carbocycles. The van der Waals surface area contributed by atoms with Crippen LogP contribution in [0.2, 0.25) is 0 Å². The number of aliphatic hydroxyl groups excluding tert-OH is 1. The fourth-order valence-electron chi connectivity index (χ4n) is 3.65. The van der Waals surface area contributed by atoms with Crippen LogP contribution >= 0.6 is 0 Å². The molecule has 3 atom stereocenters. The average Bonchev–Trinajstić information content (AvgIpc) is 2.92. The topological polar surface area (TPSA) is 29.5 Å². The van der Waals surface area contributed by atoms with E-state index >= 15 is 0 Å². The van der Waals surface area contributed by atoms with Crippen molar-refractivity contribution in [3.63, 3.8) is 0 Å². The summed E-state index contributed by atoms with van der Waals surface area (Å²) in [6, 6.07) is 10.4. The van der Waals surface area contributed by atoms with Crippen molar-refractivity contribution in [2.75, 3.05) is 0 Å². The van der Waals surface area contributed by atoms with Crippen molar-refractivity contribution in [3.8, 4) is 0 Å². The van der Waals surface area contributed by atoms with Crippen molar-refractivity contribution in [3.05, 3.63) is 35.9 Å². The molecule has 0 bridgehead atoms. The van der Waals surface area contributed by atoms with Crippen LogP contribution in [0.3, 0.4) is 0 Å². The summed E-state index contributed by atoms with van der Waals surface area (Å²) in [7, 11) is 0. The summed E-state index contributed by atoms with van der Waals surface area (Å²) < 4.78 is 6.22. The lowest BCUT2D eigenvalue weighted by Crippen LogP contribution is -2.56. The van der Waals surface area contributed by atoms with Gasteiger partial charge in [-0.1, -0.05) is 43.2 Å². The Labute approximate surface area is 109 Å². The molecule has 0 aliphatic heterocycles. The molecule has 1 N–H and O–H groups in total. The standard InChI is InChI=1S/C16H22O2/c1-12(13-7-3-2-4-8-13)18-15-11-14(17)16(15)9-5-6-10-16/h2-4,7-8,12,14-15,17H,5-6,9-11H2,1H3.